The Bertz CT molecular complexity index is 970. The van der Waals surface area contributed by atoms with Gasteiger partial charge in [-0.2, -0.15) is 0 Å². The topological polar surface area (TPSA) is 116 Å². The van der Waals surface area contributed by atoms with Crippen LogP contribution in [-0.2, 0) is 4.79 Å². The third-order valence-corrected chi connectivity index (χ3v) is 5.44. The number of nitrogens with one attached hydrogen (secondary N) is 4. The minimum Gasteiger partial charge on any atom is -0.348 e. The van der Waals surface area contributed by atoms with Crippen LogP contribution in [0.25, 0.3) is 0 Å². The maximum absolute atomic E-state index is 13.2. The number of carbonyl (C=O) groups is 3. The smallest absolute Gasteiger partial charge is 0.272 e. The summed E-state index contributed by atoms with van der Waals surface area (Å²) in [5, 5.41) is 8.51. The van der Waals surface area contributed by atoms with Gasteiger partial charge in [-0.05, 0) is 57.7 Å². The highest BCUT2D eigenvalue weighted by Gasteiger charge is 2.29. The molecule has 1 fully saturated rings. The number of aromatic amines is 1. The first kappa shape index (κ1) is 22.7. The Labute approximate surface area is 184 Å². The van der Waals surface area contributed by atoms with E-state index in [2.05, 4.69) is 25.9 Å². The van der Waals surface area contributed by atoms with Gasteiger partial charge in [0.1, 0.15) is 11.5 Å². The number of aromatic nitrogens is 2. The first-order valence-electron chi connectivity index (χ1n) is 10.2. The monoisotopic (exact) mass is 449 g/mol. The molecule has 31 heavy (non-hydrogen) atoms. The normalized spacial score (nSPS) is 18.5. The van der Waals surface area contributed by atoms with Gasteiger partial charge in [0, 0.05) is 18.0 Å². The van der Waals surface area contributed by atoms with Gasteiger partial charge in [0.05, 0.1) is 17.0 Å². The molecule has 1 aliphatic carbocycles. The average Bonchev–Trinajstić information content (AvgIpc) is 3.20. The van der Waals surface area contributed by atoms with Crippen molar-refractivity contribution in [1.82, 2.24) is 20.6 Å². The van der Waals surface area contributed by atoms with Crippen LogP contribution in [0.5, 0.6) is 0 Å². The first-order valence-corrected chi connectivity index (χ1v) is 10.5. The predicted octanol–water partition coefficient (Wildman–Crippen LogP) is 3.27. The van der Waals surface area contributed by atoms with Gasteiger partial charge >= 0.3 is 0 Å². The van der Waals surface area contributed by atoms with Gasteiger partial charge in [0.25, 0.3) is 11.8 Å². The lowest BCUT2D eigenvalue weighted by Crippen LogP contribution is -2.40. The van der Waals surface area contributed by atoms with E-state index < -0.39 is 17.6 Å². The van der Waals surface area contributed by atoms with Gasteiger partial charge in [0.15, 0.2) is 5.69 Å². The highest BCUT2D eigenvalue weighted by molar-refractivity contribution is 6.33. The molecule has 4 N–H and O–H groups in total. The fourth-order valence-electron chi connectivity index (χ4n) is 3.55. The molecular weight excluding hydrogens is 425 g/mol. The van der Waals surface area contributed by atoms with Crippen LogP contribution in [0.4, 0.5) is 10.1 Å². The molecule has 0 radical (unpaired) electrons. The van der Waals surface area contributed by atoms with Crippen molar-refractivity contribution in [2.24, 2.45) is 5.92 Å². The zero-order chi connectivity index (χ0) is 22.5. The molecule has 1 aromatic carbocycles. The second-order valence-corrected chi connectivity index (χ2v) is 8.30. The highest BCUT2D eigenvalue weighted by atomic mass is 35.5. The van der Waals surface area contributed by atoms with Crippen molar-refractivity contribution in [2.75, 3.05) is 5.32 Å². The second-order valence-electron chi connectivity index (χ2n) is 7.89. The molecule has 0 atom stereocenters. The molecule has 0 bridgehead atoms. The molecule has 1 aliphatic rings. The SMILES string of the molecule is CC(C)NC(=O)c1nc[nH]c1C(=O)N[C@H]1CC[C@H](C(=O)Nc2ccc(F)cc2Cl)CC1. The van der Waals surface area contributed by atoms with E-state index in [0.29, 0.717) is 31.4 Å². The average molecular weight is 450 g/mol. The van der Waals surface area contributed by atoms with Crippen LogP contribution in [0.15, 0.2) is 24.5 Å². The van der Waals surface area contributed by atoms with Crippen LogP contribution >= 0.6 is 11.6 Å². The Balaban J connectivity index is 1.52. The summed E-state index contributed by atoms with van der Waals surface area (Å²) < 4.78 is 13.2. The van der Waals surface area contributed by atoms with Crippen LogP contribution in [0, 0.1) is 11.7 Å². The maximum Gasteiger partial charge on any atom is 0.272 e. The lowest BCUT2D eigenvalue weighted by atomic mass is 9.85. The van der Waals surface area contributed by atoms with Crippen molar-refractivity contribution in [3.63, 3.8) is 0 Å². The molecule has 3 amide bonds. The van der Waals surface area contributed by atoms with Crippen molar-refractivity contribution in [1.29, 1.82) is 0 Å². The minimum atomic E-state index is -0.471. The summed E-state index contributed by atoms with van der Waals surface area (Å²) in [6.07, 6.45) is 3.70. The molecule has 8 nitrogen and oxygen atoms in total. The molecule has 0 aliphatic heterocycles. The summed E-state index contributed by atoms with van der Waals surface area (Å²) in [5.74, 6) is -1.70. The van der Waals surface area contributed by atoms with Crippen LogP contribution in [-0.4, -0.2) is 39.8 Å². The van der Waals surface area contributed by atoms with E-state index in [1.165, 1.54) is 18.5 Å². The van der Waals surface area contributed by atoms with Gasteiger partial charge in [-0.15, -0.1) is 0 Å². The molecule has 1 aromatic heterocycles. The predicted molar refractivity (Wildman–Crippen MR) is 114 cm³/mol. The van der Waals surface area contributed by atoms with Crippen molar-refractivity contribution in [3.05, 3.63) is 46.8 Å². The summed E-state index contributed by atoms with van der Waals surface area (Å²) in [6.45, 7) is 3.64. The van der Waals surface area contributed by atoms with Crippen LogP contribution in [0.3, 0.4) is 0 Å². The number of carbonyl (C=O) groups excluding carboxylic acids is 3. The number of halogens is 2. The Hall–Kier alpha value is -2.94. The second kappa shape index (κ2) is 9.91. The fourth-order valence-corrected chi connectivity index (χ4v) is 3.77. The quantitative estimate of drug-likeness (QED) is 0.541. The molecule has 0 unspecified atom stereocenters. The third-order valence-electron chi connectivity index (χ3n) is 5.12. The van der Waals surface area contributed by atoms with Crippen LogP contribution in [0.1, 0.15) is 60.5 Å². The van der Waals surface area contributed by atoms with E-state index in [4.69, 9.17) is 11.6 Å². The molecule has 10 heteroatoms. The number of hydrogen-bond donors (Lipinski definition) is 4. The summed E-state index contributed by atoms with van der Waals surface area (Å²) >= 11 is 5.97. The van der Waals surface area contributed by atoms with Gasteiger partial charge in [-0.3, -0.25) is 14.4 Å². The zero-order valence-electron chi connectivity index (χ0n) is 17.3. The van der Waals surface area contributed by atoms with Crippen molar-refractivity contribution >= 4 is 35.0 Å². The molecule has 1 saturated carbocycles. The Kier molecular flexibility index (Phi) is 7.27. The largest absolute Gasteiger partial charge is 0.348 e. The van der Waals surface area contributed by atoms with E-state index >= 15 is 0 Å². The Morgan fingerprint density at radius 3 is 2.52 bits per heavy atom. The van der Waals surface area contributed by atoms with Gasteiger partial charge in [-0.1, -0.05) is 11.6 Å². The van der Waals surface area contributed by atoms with E-state index in [9.17, 15) is 18.8 Å². The van der Waals surface area contributed by atoms with E-state index in [0.717, 1.165) is 6.07 Å². The summed E-state index contributed by atoms with van der Waals surface area (Å²) in [7, 11) is 0. The Morgan fingerprint density at radius 2 is 1.87 bits per heavy atom. The minimum absolute atomic E-state index is 0.0513. The van der Waals surface area contributed by atoms with E-state index in [1.54, 1.807) is 0 Å². The Morgan fingerprint density at radius 1 is 1.16 bits per heavy atom. The first-order chi connectivity index (χ1) is 14.7. The number of amides is 3. The highest BCUT2D eigenvalue weighted by Crippen LogP contribution is 2.28. The summed E-state index contributed by atoms with van der Waals surface area (Å²) in [4.78, 5) is 44.0. The standard InChI is InChI=1S/C21H25ClFN5O3/c1-11(2)26-20(30)17-18(25-10-24-17)21(31)27-14-6-3-12(4-7-14)19(29)28-16-8-5-13(23)9-15(16)22/h5,8-12,14H,3-4,6-7H2,1-2H3,(H,24,25)(H,26,30)(H,27,31)(H,28,29)/t12-,14-. The molecular formula is C21H25ClFN5O3. The molecule has 0 spiro atoms. The number of imidazole rings is 1. The number of benzene rings is 1. The van der Waals surface area contributed by atoms with Crippen LogP contribution < -0.4 is 16.0 Å². The molecule has 3 rings (SSSR count). The van der Waals surface area contributed by atoms with Crippen molar-refractivity contribution in [2.45, 2.75) is 51.6 Å². The zero-order valence-corrected chi connectivity index (χ0v) is 18.1. The summed E-state index contributed by atoms with van der Waals surface area (Å²) in [5.41, 5.74) is 0.536. The number of H-pyrrole nitrogens is 1. The number of nitrogens with zero attached hydrogens (tertiary/aromatic N) is 1. The molecule has 2 aromatic rings. The lowest BCUT2D eigenvalue weighted by molar-refractivity contribution is -0.120. The molecule has 0 saturated heterocycles. The van der Waals surface area contributed by atoms with Crippen molar-refractivity contribution in [3.8, 4) is 0 Å². The fraction of sp³-hybridized carbons (Fsp3) is 0.429. The third kappa shape index (κ3) is 5.81. The molecule has 1 heterocycles. The number of anilines is 1. The van der Waals surface area contributed by atoms with Gasteiger partial charge in [0.2, 0.25) is 5.91 Å². The summed E-state index contributed by atoms with van der Waals surface area (Å²) in [6, 6.07) is 3.62. The van der Waals surface area contributed by atoms with Crippen LogP contribution in [0.2, 0.25) is 5.02 Å². The van der Waals surface area contributed by atoms with Crippen molar-refractivity contribution < 1.29 is 18.8 Å². The number of rotatable bonds is 6. The maximum atomic E-state index is 13.2. The van der Waals surface area contributed by atoms with Gasteiger partial charge in [-0.25, -0.2) is 9.37 Å². The lowest BCUT2D eigenvalue weighted by Gasteiger charge is -2.28. The van der Waals surface area contributed by atoms with E-state index in [-0.39, 0.29) is 40.3 Å². The van der Waals surface area contributed by atoms with E-state index in [1.807, 2.05) is 13.8 Å². The van der Waals surface area contributed by atoms with Gasteiger partial charge < -0.3 is 20.9 Å². The molecule has 166 valence electrons. The number of hydrogen-bond acceptors (Lipinski definition) is 4.